The normalized spacial score (nSPS) is 26.0. The molecule has 17 heavy (non-hydrogen) atoms. The zero-order valence-corrected chi connectivity index (χ0v) is 11.9. The van der Waals surface area contributed by atoms with E-state index >= 15 is 0 Å². The third-order valence-corrected chi connectivity index (χ3v) is 4.48. The predicted molar refractivity (Wildman–Crippen MR) is 70.8 cm³/mol. The highest BCUT2D eigenvalue weighted by molar-refractivity contribution is 7.90. The molecule has 1 fully saturated rings. The summed E-state index contributed by atoms with van der Waals surface area (Å²) in [5, 5.41) is 0. The van der Waals surface area contributed by atoms with Gasteiger partial charge in [-0.15, -0.1) is 0 Å². The van der Waals surface area contributed by atoms with Crippen LogP contribution in [0.25, 0.3) is 0 Å². The van der Waals surface area contributed by atoms with Crippen LogP contribution in [0.15, 0.2) is 0 Å². The van der Waals surface area contributed by atoms with E-state index in [2.05, 4.69) is 23.9 Å². The Morgan fingerprint density at radius 1 is 1.35 bits per heavy atom. The first kappa shape index (κ1) is 14.9. The van der Waals surface area contributed by atoms with Crippen molar-refractivity contribution in [1.82, 2.24) is 9.80 Å². The number of piperazine rings is 1. The number of nitrogens with two attached hydrogens (primary N) is 1. The van der Waals surface area contributed by atoms with Gasteiger partial charge in [-0.3, -0.25) is 4.90 Å². The standard InChI is InChI=1S/C11H25N3O2S/c1-13-6-7-14(2)11(9-13)10(12)5-4-8-17(3,15)16/h10-11H,4-9,12H2,1-3H3. The molecule has 6 heteroatoms. The third kappa shape index (κ3) is 5.33. The Morgan fingerprint density at radius 3 is 2.59 bits per heavy atom. The van der Waals surface area contributed by atoms with Crippen molar-refractivity contribution >= 4 is 9.84 Å². The van der Waals surface area contributed by atoms with E-state index in [-0.39, 0.29) is 11.8 Å². The number of likely N-dealkylation sites (N-methyl/N-ethyl adjacent to an activating group) is 2. The van der Waals surface area contributed by atoms with E-state index in [9.17, 15) is 8.42 Å². The smallest absolute Gasteiger partial charge is 0.147 e. The van der Waals surface area contributed by atoms with Gasteiger partial charge in [0, 0.05) is 43.7 Å². The van der Waals surface area contributed by atoms with Crippen LogP contribution in [-0.4, -0.2) is 76.0 Å². The highest BCUT2D eigenvalue weighted by atomic mass is 32.2. The highest BCUT2D eigenvalue weighted by Crippen LogP contribution is 2.12. The summed E-state index contributed by atoms with van der Waals surface area (Å²) in [6.07, 6.45) is 2.71. The summed E-state index contributed by atoms with van der Waals surface area (Å²) < 4.78 is 22.1. The molecule has 0 bridgehead atoms. The molecular formula is C11H25N3O2S. The lowest BCUT2D eigenvalue weighted by molar-refractivity contribution is 0.0952. The summed E-state index contributed by atoms with van der Waals surface area (Å²) in [5.74, 6) is 0.243. The Labute approximate surface area is 105 Å². The van der Waals surface area contributed by atoms with Gasteiger partial charge in [-0.05, 0) is 26.9 Å². The fourth-order valence-corrected chi connectivity index (χ4v) is 2.97. The van der Waals surface area contributed by atoms with Crippen LogP contribution in [0.1, 0.15) is 12.8 Å². The van der Waals surface area contributed by atoms with Gasteiger partial charge in [-0.1, -0.05) is 0 Å². The molecule has 0 aromatic rings. The molecule has 2 N–H and O–H groups in total. The maximum Gasteiger partial charge on any atom is 0.147 e. The van der Waals surface area contributed by atoms with Crippen LogP contribution in [0.4, 0.5) is 0 Å². The van der Waals surface area contributed by atoms with Gasteiger partial charge < -0.3 is 10.6 Å². The van der Waals surface area contributed by atoms with Gasteiger partial charge in [-0.25, -0.2) is 8.42 Å². The maximum atomic E-state index is 11.0. The second-order valence-corrected chi connectivity index (χ2v) is 7.51. The van der Waals surface area contributed by atoms with E-state index in [1.54, 1.807) is 0 Å². The average Bonchev–Trinajstić information content (AvgIpc) is 2.19. The lowest BCUT2D eigenvalue weighted by Crippen LogP contribution is -2.57. The van der Waals surface area contributed by atoms with E-state index in [4.69, 9.17) is 5.73 Å². The van der Waals surface area contributed by atoms with Gasteiger partial charge in [0.05, 0.1) is 0 Å². The molecule has 0 radical (unpaired) electrons. The van der Waals surface area contributed by atoms with E-state index < -0.39 is 9.84 Å². The van der Waals surface area contributed by atoms with Crippen molar-refractivity contribution in [3.8, 4) is 0 Å². The van der Waals surface area contributed by atoms with Gasteiger partial charge >= 0.3 is 0 Å². The molecule has 5 nitrogen and oxygen atoms in total. The first-order chi connectivity index (χ1) is 7.79. The van der Waals surface area contributed by atoms with Crippen LogP contribution in [0.3, 0.4) is 0 Å². The SMILES string of the molecule is CN1CCN(C)C(C(N)CCCS(C)(=O)=O)C1. The van der Waals surface area contributed by atoms with Gasteiger partial charge in [0.2, 0.25) is 0 Å². The van der Waals surface area contributed by atoms with Crippen molar-refractivity contribution in [2.75, 3.05) is 45.7 Å². The molecule has 1 aliphatic rings. The van der Waals surface area contributed by atoms with Crippen LogP contribution < -0.4 is 5.73 Å². The summed E-state index contributed by atoms with van der Waals surface area (Å²) in [4.78, 5) is 4.56. The molecule has 0 aliphatic carbocycles. The van der Waals surface area contributed by atoms with Crippen LogP contribution in [0.5, 0.6) is 0 Å². The van der Waals surface area contributed by atoms with Crippen LogP contribution >= 0.6 is 0 Å². The van der Waals surface area contributed by atoms with E-state index in [0.717, 1.165) is 26.1 Å². The first-order valence-electron chi connectivity index (χ1n) is 6.11. The largest absolute Gasteiger partial charge is 0.326 e. The Balaban J connectivity index is 2.38. The third-order valence-electron chi connectivity index (χ3n) is 3.45. The molecule has 0 saturated carbocycles. The summed E-state index contributed by atoms with van der Waals surface area (Å²) in [5.41, 5.74) is 6.17. The minimum absolute atomic E-state index is 0.0597. The molecule has 1 rings (SSSR count). The van der Waals surface area contributed by atoms with Crippen LogP contribution in [0, 0.1) is 0 Å². The van der Waals surface area contributed by atoms with E-state index in [1.807, 2.05) is 0 Å². The monoisotopic (exact) mass is 263 g/mol. The number of rotatable bonds is 5. The lowest BCUT2D eigenvalue weighted by Gasteiger charge is -2.40. The van der Waals surface area contributed by atoms with E-state index in [0.29, 0.717) is 12.5 Å². The Morgan fingerprint density at radius 2 is 2.00 bits per heavy atom. The maximum absolute atomic E-state index is 11.0. The Bertz CT molecular complexity index is 332. The van der Waals surface area contributed by atoms with Gasteiger partial charge in [0.15, 0.2) is 0 Å². The first-order valence-corrected chi connectivity index (χ1v) is 8.18. The molecule has 1 aliphatic heterocycles. The van der Waals surface area contributed by atoms with Crippen molar-refractivity contribution in [1.29, 1.82) is 0 Å². The highest BCUT2D eigenvalue weighted by Gasteiger charge is 2.27. The summed E-state index contributed by atoms with van der Waals surface area (Å²) in [7, 11) is 1.34. The van der Waals surface area contributed by atoms with Gasteiger partial charge in [0.1, 0.15) is 9.84 Å². The minimum atomic E-state index is -2.85. The topological polar surface area (TPSA) is 66.6 Å². The quantitative estimate of drug-likeness (QED) is 0.716. The number of sulfone groups is 1. The second kappa shape index (κ2) is 6.13. The van der Waals surface area contributed by atoms with Gasteiger partial charge in [-0.2, -0.15) is 0 Å². The molecule has 0 amide bonds. The van der Waals surface area contributed by atoms with E-state index in [1.165, 1.54) is 6.26 Å². The Kier molecular flexibility index (Phi) is 5.37. The minimum Gasteiger partial charge on any atom is -0.326 e. The predicted octanol–water partition coefficient (Wildman–Crippen LogP) is -0.616. The lowest BCUT2D eigenvalue weighted by atomic mass is 10.0. The second-order valence-electron chi connectivity index (χ2n) is 5.25. The van der Waals surface area contributed by atoms with Crippen molar-refractivity contribution in [2.24, 2.45) is 5.73 Å². The Hall–Kier alpha value is -0.170. The molecule has 2 atom stereocenters. The molecule has 0 spiro atoms. The fourth-order valence-electron chi connectivity index (χ4n) is 2.28. The summed E-state index contributed by atoms with van der Waals surface area (Å²) >= 11 is 0. The van der Waals surface area contributed by atoms with Crippen LogP contribution in [-0.2, 0) is 9.84 Å². The average molecular weight is 263 g/mol. The number of hydrogen-bond acceptors (Lipinski definition) is 5. The van der Waals surface area contributed by atoms with Gasteiger partial charge in [0.25, 0.3) is 0 Å². The number of hydrogen-bond donors (Lipinski definition) is 1. The summed E-state index contributed by atoms with van der Waals surface area (Å²) in [6.45, 7) is 3.07. The molecule has 0 aromatic heterocycles. The van der Waals surface area contributed by atoms with Crippen molar-refractivity contribution in [2.45, 2.75) is 24.9 Å². The fraction of sp³-hybridized carbons (Fsp3) is 1.00. The summed E-state index contributed by atoms with van der Waals surface area (Å²) in [6, 6.07) is 0.401. The molecule has 102 valence electrons. The molecular weight excluding hydrogens is 238 g/mol. The van der Waals surface area contributed by atoms with Crippen molar-refractivity contribution < 1.29 is 8.42 Å². The molecule has 1 heterocycles. The van der Waals surface area contributed by atoms with Crippen molar-refractivity contribution in [3.63, 3.8) is 0 Å². The zero-order chi connectivity index (χ0) is 13.1. The van der Waals surface area contributed by atoms with Crippen molar-refractivity contribution in [3.05, 3.63) is 0 Å². The zero-order valence-electron chi connectivity index (χ0n) is 11.1. The van der Waals surface area contributed by atoms with Crippen LogP contribution in [0.2, 0.25) is 0 Å². The molecule has 1 saturated heterocycles. The molecule has 0 aromatic carbocycles. The number of nitrogens with zero attached hydrogens (tertiary/aromatic N) is 2. The molecule has 2 unspecified atom stereocenters.